The van der Waals surface area contributed by atoms with E-state index in [-0.39, 0.29) is 12.5 Å². The van der Waals surface area contributed by atoms with Gasteiger partial charge in [-0.05, 0) is 24.6 Å². The second-order valence-corrected chi connectivity index (χ2v) is 4.44. The van der Waals surface area contributed by atoms with Gasteiger partial charge in [0.05, 0.1) is 19.1 Å². The standard InChI is InChI=1S/C16H18N2O2/c1-13-7-8-15(12-14(13)6-3-4-11-19)16(20)18(2)10-5-9-17/h7-8,12,19H,4-5,10-11H2,1-2H3. The van der Waals surface area contributed by atoms with Gasteiger partial charge in [0.1, 0.15) is 0 Å². The maximum absolute atomic E-state index is 12.2. The number of amides is 1. The lowest BCUT2D eigenvalue weighted by Crippen LogP contribution is -2.27. The summed E-state index contributed by atoms with van der Waals surface area (Å²) in [7, 11) is 1.68. The molecule has 1 aromatic carbocycles. The first kappa shape index (κ1) is 15.8. The van der Waals surface area contributed by atoms with Gasteiger partial charge in [0.15, 0.2) is 0 Å². The summed E-state index contributed by atoms with van der Waals surface area (Å²) in [5.74, 6) is 5.69. The molecule has 0 saturated carbocycles. The summed E-state index contributed by atoms with van der Waals surface area (Å²) >= 11 is 0. The maximum atomic E-state index is 12.2. The van der Waals surface area contributed by atoms with Gasteiger partial charge in [-0.3, -0.25) is 4.79 Å². The summed E-state index contributed by atoms with van der Waals surface area (Å²) in [6, 6.07) is 7.39. The maximum Gasteiger partial charge on any atom is 0.253 e. The molecule has 1 aromatic rings. The third-order valence-electron chi connectivity index (χ3n) is 2.85. The fourth-order valence-corrected chi connectivity index (χ4v) is 1.64. The zero-order valence-electron chi connectivity index (χ0n) is 11.8. The summed E-state index contributed by atoms with van der Waals surface area (Å²) in [6.45, 7) is 2.37. The number of hydrogen-bond donors (Lipinski definition) is 1. The minimum Gasteiger partial charge on any atom is -0.395 e. The molecule has 0 fully saturated rings. The SMILES string of the molecule is Cc1ccc(C(=O)N(C)CCC#N)cc1C#CCCO. The summed E-state index contributed by atoms with van der Waals surface area (Å²) in [6.07, 6.45) is 0.733. The molecule has 0 radical (unpaired) electrons. The normalized spacial score (nSPS) is 9.30. The monoisotopic (exact) mass is 270 g/mol. The summed E-state index contributed by atoms with van der Waals surface area (Å²) < 4.78 is 0. The van der Waals surface area contributed by atoms with Crippen molar-refractivity contribution < 1.29 is 9.90 Å². The quantitative estimate of drug-likeness (QED) is 0.847. The average molecular weight is 270 g/mol. The van der Waals surface area contributed by atoms with Crippen LogP contribution >= 0.6 is 0 Å². The molecule has 104 valence electrons. The Kier molecular flexibility index (Phi) is 6.29. The minimum absolute atomic E-state index is 0.0293. The van der Waals surface area contributed by atoms with E-state index in [1.807, 2.05) is 19.1 Å². The van der Waals surface area contributed by atoms with E-state index in [9.17, 15) is 4.79 Å². The first-order valence-corrected chi connectivity index (χ1v) is 6.43. The van der Waals surface area contributed by atoms with Gasteiger partial charge < -0.3 is 10.0 Å². The van der Waals surface area contributed by atoms with Crippen LogP contribution < -0.4 is 0 Å². The number of nitriles is 1. The van der Waals surface area contributed by atoms with Crippen LogP contribution in [0.15, 0.2) is 18.2 Å². The van der Waals surface area contributed by atoms with Gasteiger partial charge >= 0.3 is 0 Å². The molecule has 0 heterocycles. The number of hydrogen-bond acceptors (Lipinski definition) is 3. The van der Waals surface area contributed by atoms with Crippen LogP contribution in [0.3, 0.4) is 0 Å². The third kappa shape index (κ3) is 4.42. The highest BCUT2D eigenvalue weighted by Gasteiger charge is 2.12. The number of benzene rings is 1. The summed E-state index contributed by atoms with van der Waals surface area (Å²) in [5, 5.41) is 17.3. The van der Waals surface area contributed by atoms with Gasteiger partial charge in [-0.1, -0.05) is 17.9 Å². The van der Waals surface area contributed by atoms with E-state index in [2.05, 4.69) is 11.8 Å². The highest BCUT2D eigenvalue weighted by Crippen LogP contribution is 2.12. The molecule has 0 aliphatic carbocycles. The Labute approximate surface area is 119 Å². The van der Waals surface area contributed by atoms with Gasteiger partial charge in [0, 0.05) is 31.1 Å². The number of rotatable bonds is 4. The van der Waals surface area contributed by atoms with Gasteiger partial charge in [-0.25, -0.2) is 0 Å². The molecule has 1 N–H and O–H groups in total. The highest BCUT2D eigenvalue weighted by atomic mass is 16.2. The fraction of sp³-hybridized carbons (Fsp3) is 0.375. The highest BCUT2D eigenvalue weighted by molar-refractivity contribution is 5.94. The molecule has 20 heavy (non-hydrogen) atoms. The molecule has 1 rings (SSSR count). The fourth-order valence-electron chi connectivity index (χ4n) is 1.64. The molecule has 0 spiro atoms. The molecule has 0 aliphatic heterocycles. The van der Waals surface area contributed by atoms with Crippen molar-refractivity contribution in [3.05, 3.63) is 34.9 Å². The van der Waals surface area contributed by atoms with Gasteiger partial charge in [0.25, 0.3) is 5.91 Å². The molecular formula is C16H18N2O2. The van der Waals surface area contributed by atoms with E-state index >= 15 is 0 Å². The Morgan fingerprint density at radius 2 is 2.15 bits per heavy atom. The second-order valence-electron chi connectivity index (χ2n) is 4.44. The van der Waals surface area contributed by atoms with Gasteiger partial charge in [-0.2, -0.15) is 5.26 Å². The summed E-state index contributed by atoms with van der Waals surface area (Å²) in [5.41, 5.74) is 2.34. The Morgan fingerprint density at radius 1 is 1.40 bits per heavy atom. The summed E-state index contributed by atoms with van der Waals surface area (Å²) in [4.78, 5) is 13.7. The van der Waals surface area contributed by atoms with Crippen molar-refractivity contribution in [1.82, 2.24) is 4.90 Å². The predicted molar refractivity (Wildman–Crippen MR) is 77.0 cm³/mol. The van der Waals surface area contributed by atoms with Crippen LogP contribution in [-0.4, -0.2) is 36.1 Å². The second kappa shape index (κ2) is 7.99. The van der Waals surface area contributed by atoms with E-state index in [4.69, 9.17) is 10.4 Å². The van der Waals surface area contributed by atoms with Crippen LogP contribution in [0.25, 0.3) is 0 Å². The number of carbonyl (C=O) groups is 1. The topological polar surface area (TPSA) is 64.3 Å². The molecule has 4 heteroatoms. The zero-order chi connectivity index (χ0) is 15.0. The third-order valence-corrected chi connectivity index (χ3v) is 2.85. The smallest absolute Gasteiger partial charge is 0.253 e. The number of aliphatic hydroxyl groups excluding tert-OH is 1. The molecule has 0 aliphatic rings. The van der Waals surface area contributed by atoms with Crippen LogP contribution in [-0.2, 0) is 0 Å². The molecule has 0 bridgehead atoms. The van der Waals surface area contributed by atoms with E-state index < -0.39 is 0 Å². The van der Waals surface area contributed by atoms with Crippen LogP contribution in [0.1, 0.15) is 34.3 Å². The minimum atomic E-state index is -0.120. The lowest BCUT2D eigenvalue weighted by atomic mass is 10.0. The van der Waals surface area contributed by atoms with E-state index in [0.29, 0.717) is 24.9 Å². The first-order valence-electron chi connectivity index (χ1n) is 6.43. The van der Waals surface area contributed by atoms with Gasteiger partial charge in [0.2, 0.25) is 0 Å². The van der Waals surface area contributed by atoms with Crippen LogP contribution in [0.2, 0.25) is 0 Å². The molecular weight excluding hydrogens is 252 g/mol. The van der Waals surface area contributed by atoms with Crippen molar-refractivity contribution in [2.75, 3.05) is 20.2 Å². The van der Waals surface area contributed by atoms with E-state index in [0.717, 1.165) is 11.1 Å². The van der Waals surface area contributed by atoms with Crippen molar-refractivity contribution in [1.29, 1.82) is 5.26 Å². The first-order chi connectivity index (χ1) is 9.60. The van der Waals surface area contributed by atoms with Crippen molar-refractivity contribution in [3.63, 3.8) is 0 Å². The lowest BCUT2D eigenvalue weighted by molar-refractivity contribution is 0.0798. The van der Waals surface area contributed by atoms with E-state index in [1.165, 1.54) is 4.90 Å². The Hall–Kier alpha value is -2.30. The number of carbonyl (C=O) groups excluding carboxylic acids is 1. The van der Waals surface area contributed by atoms with Crippen LogP contribution in [0, 0.1) is 30.1 Å². The lowest BCUT2D eigenvalue weighted by Gasteiger charge is -2.15. The predicted octanol–water partition coefficient (Wildman–Crippen LogP) is 1.71. The van der Waals surface area contributed by atoms with Crippen molar-refractivity contribution in [3.8, 4) is 17.9 Å². The molecule has 0 saturated heterocycles. The molecule has 4 nitrogen and oxygen atoms in total. The van der Waals surface area contributed by atoms with Crippen LogP contribution in [0.4, 0.5) is 0 Å². The number of aliphatic hydroxyl groups is 1. The Morgan fingerprint density at radius 3 is 2.80 bits per heavy atom. The molecule has 0 atom stereocenters. The molecule has 1 amide bonds. The molecule has 0 aromatic heterocycles. The largest absolute Gasteiger partial charge is 0.395 e. The Balaban J connectivity index is 2.92. The number of aryl methyl sites for hydroxylation is 1. The Bertz CT molecular complexity index is 576. The van der Waals surface area contributed by atoms with E-state index in [1.54, 1.807) is 19.2 Å². The number of nitrogens with zero attached hydrogens (tertiary/aromatic N) is 2. The van der Waals surface area contributed by atoms with Crippen molar-refractivity contribution in [2.24, 2.45) is 0 Å². The average Bonchev–Trinajstić information content (AvgIpc) is 2.46. The van der Waals surface area contributed by atoms with Crippen LogP contribution in [0.5, 0.6) is 0 Å². The van der Waals surface area contributed by atoms with Crippen molar-refractivity contribution in [2.45, 2.75) is 19.8 Å². The van der Waals surface area contributed by atoms with Gasteiger partial charge in [-0.15, -0.1) is 0 Å². The molecule has 0 unspecified atom stereocenters. The van der Waals surface area contributed by atoms with Crippen molar-refractivity contribution >= 4 is 5.91 Å². The zero-order valence-corrected chi connectivity index (χ0v) is 11.8.